The van der Waals surface area contributed by atoms with E-state index in [2.05, 4.69) is 13.8 Å². The third kappa shape index (κ3) is 3.49. The molecule has 20 heavy (non-hydrogen) atoms. The molecule has 1 rings (SSSR count). The van der Waals surface area contributed by atoms with E-state index >= 15 is 0 Å². The third-order valence-electron chi connectivity index (χ3n) is 4.01. The Hall–Kier alpha value is -1.13. The Balaban J connectivity index is 2.96. The minimum atomic E-state index is -0.399. The predicted octanol–water partition coefficient (Wildman–Crippen LogP) is 3.30. The Bertz CT molecular complexity index is 419. The molecule has 0 aliphatic rings. The van der Waals surface area contributed by atoms with E-state index in [1.165, 1.54) is 7.11 Å². The highest BCUT2D eigenvalue weighted by molar-refractivity contribution is 5.31. The molecule has 0 aliphatic carbocycles. The van der Waals surface area contributed by atoms with E-state index in [-0.39, 0.29) is 17.6 Å². The van der Waals surface area contributed by atoms with Crippen LogP contribution in [0.3, 0.4) is 0 Å². The molecule has 0 bridgehead atoms. The summed E-state index contributed by atoms with van der Waals surface area (Å²) in [4.78, 5) is 0. The molecule has 1 unspecified atom stereocenters. The average molecular weight is 283 g/mol. The number of benzene rings is 1. The molecule has 3 nitrogen and oxygen atoms in total. The Kier molecular flexibility index (Phi) is 6.43. The van der Waals surface area contributed by atoms with Crippen LogP contribution in [0.5, 0.6) is 5.75 Å². The number of nitrogens with two attached hydrogens (primary N) is 1. The molecule has 1 atom stereocenters. The van der Waals surface area contributed by atoms with E-state index < -0.39 is 5.60 Å². The SMILES string of the molecule is CCOC(CC)(CC)C(N)Cc1cccc(OC)c1F. The molecule has 0 radical (unpaired) electrons. The summed E-state index contributed by atoms with van der Waals surface area (Å²) in [7, 11) is 1.46. The summed E-state index contributed by atoms with van der Waals surface area (Å²) >= 11 is 0. The van der Waals surface area contributed by atoms with Crippen LogP contribution in [-0.2, 0) is 11.2 Å². The first-order valence-electron chi connectivity index (χ1n) is 7.25. The van der Waals surface area contributed by atoms with Crippen LogP contribution in [0.15, 0.2) is 18.2 Å². The molecule has 0 amide bonds. The number of hydrogen-bond donors (Lipinski definition) is 1. The first-order chi connectivity index (χ1) is 9.54. The second kappa shape index (κ2) is 7.60. The van der Waals surface area contributed by atoms with Gasteiger partial charge in [0.25, 0.3) is 0 Å². The maximum absolute atomic E-state index is 14.2. The van der Waals surface area contributed by atoms with Gasteiger partial charge in [-0.3, -0.25) is 0 Å². The topological polar surface area (TPSA) is 44.5 Å². The summed E-state index contributed by atoms with van der Waals surface area (Å²) in [6.07, 6.45) is 2.05. The summed E-state index contributed by atoms with van der Waals surface area (Å²) in [5.41, 5.74) is 6.49. The highest BCUT2D eigenvalue weighted by Crippen LogP contribution is 2.28. The van der Waals surface area contributed by atoms with Crippen molar-refractivity contribution in [2.45, 2.75) is 51.7 Å². The number of hydrogen-bond acceptors (Lipinski definition) is 3. The van der Waals surface area contributed by atoms with Gasteiger partial charge >= 0.3 is 0 Å². The predicted molar refractivity (Wildman–Crippen MR) is 79.6 cm³/mol. The van der Waals surface area contributed by atoms with Crippen LogP contribution >= 0.6 is 0 Å². The van der Waals surface area contributed by atoms with Crippen molar-refractivity contribution in [1.29, 1.82) is 0 Å². The fourth-order valence-electron chi connectivity index (χ4n) is 2.67. The van der Waals surface area contributed by atoms with Crippen LogP contribution in [-0.4, -0.2) is 25.4 Å². The largest absolute Gasteiger partial charge is 0.494 e. The highest BCUT2D eigenvalue weighted by Gasteiger charge is 2.34. The van der Waals surface area contributed by atoms with Gasteiger partial charge in [-0.2, -0.15) is 0 Å². The van der Waals surface area contributed by atoms with Gasteiger partial charge in [0.05, 0.1) is 12.7 Å². The molecule has 0 saturated heterocycles. The molecule has 0 saturated carbocycles. The number of rotatable bonds is 8. The molecule has 4 heteroatoms. The Morgan fingerprint density at radius 3 is 2.40 bits per heavy atom. The number of ether oxygens (including phenoxy) is 2. The first-order valence-corrected chi connectivity index (χ1v) is 7.25. The van der Waals surface area contributed by atoms with Crippen LogP contribution in [0, 0.1) is 5.82 Å². The van der Waals surface area contributed by atoms with Crippen molar-refractivity contribution in [1.82, 2.24) is 0 Å². The fourth-order valence-corrected chi connectivity index (χ4v) is 2.67. The van der Waals surface area contributed by atoms with Crippen molar-refractivity contribution in [3.05, 3.63) is 29.6 Å². The lowest BCUT2D eigenvalue weighted by Crippen LogP contribution is -2.50. The standard InChI is InChI=1S/C16H26FNO2/c1-5-16(6-2,20-7-3)14(18)11-12-9-8-10-13(19-4)15(12)17/h8-10,14H,5-7,11,18H2,1-4H3. The van der Waals surface area contributed by atoms with E-state index in [0.29, 0.717) is 18.6 Å². The Labute approximate surface area is 121 Å². The van der Waals surface area contributed by atoms with E-state index in [0.717, 1.165) is 12.8 Å². The summed E-state index contributed by atoms with van der Waals surface area (Å²) in [5, 5.41) is 0. The normalized spacial score (nSPS) is 13.3. The molecule has 0 aliphatic heterocycles. The number of halogens is 1. The van der Waals surface area contributed by atoms with Crippen LogP contribution in [0.2, 0.25) is 0 Å². The minimum absolute atomic E-state index is 0.251. The zero-order valence-corrected chi connectivity index (χ0v) is 12.9. The van der Waals surface area contributed by atoms with Gasteiger partial charge in [0, 0.05) is 12.6 Å². The van der Waals surface area contributed by atoms with E-state index in [1.807, 2.05) is 6.92 Å². The molecule has 114 valence electrons. The van der Waals surface area contributed by atoms with Gasteiger partial charge in [0.15, 0.2) is 11.6 Å². The van der Waals surface area contributed by atoms with Gasteiger partial charge in [0.2, 0.25) is 0 Å². The van der Waals surface area contributed by atoms with E-state index in [9.17, 15) is 4.39 Å². The molecule has 0 spiro atoms. The van der Waals surface area contributed by atoms with E-state index in [4.69, 9.17) is 15.2 Å². The summed E-state index contributed by atoms with van der Waals surface area (Å²) < 4.78 is 25.1. The molecule has 0 aromatic heterocycles. The van der Waals surface area contributed by atoms with Crippen LogP contribution in [0.25, 0.3) is 0 Å². The first kappa shape index (κ1) is 16.9. The molecule has 0 fully saturated rings. The van der Waals surface area contributed by atoms with E-state index in [1.54, 1.807) is 18.2 Å². The zero-order chi connectivity index (χ0) is 15.2. The lowest BCUT2D eigenvalue weighted by atomic mass is 9.85. The zero-order valence-electron chi connectivity index (χ0n) is 12.9. The van der Waals surface area contributed by atoms with Crippen LogP contribution in [0.1, 0.15) is 39.2 Å². The number of methoxy groups -OCH3 is 1. The molecule has 1 aromatic carbocycles. The van der Waals surface area contributed by atoms with Crippen molar-refractivity contribution in [3.63, 3.8) is 0 Å². The van der Waals surface area contributed by atoms with Crippen molar-refractivity contribution < 1.29 is 13.9 Å². The van der Waals surface area contributed by atoms with Gasteiger partial charge in [0.1, 0.15) is 0 Å². The second-order valence-corrected chi connectivity index (χ2v) is 4.95. The van der Waals surface area contributed by atoms with Gasteiger partial charge in [-0.1, -0.05) is 26.0 Å². The summed E-state index contributed by atoms with van der Waals surface area (Å²) in [6, 6.07) is 4.89. The Morgan fingerprint density at radius 1 is 1.25 bits per heavy atom. The molecule has 0 heterocycles. The summed E-state index contributed by atoms with van der Waals surface area (Å²) in [5.74, 6) is -0.0761. The van der Waals surface area contributed by atoms with Crippen molar-refractivity contribution in [2.24, 2.45) is 5.73 Å². The Morgan fingerprint density at radius 2 is 1.90 bits per heavy atom. The van der Waals surface area contributed by atoms with Gasteiger partial charge in [-0.25, -0.2) is 4.39 Å². The smallest absolute Gasteiger partial charge is 0.168 e. The average Bonchev–Trinajstić information content (AvgIpc) is 2.47. The maximum atomic E-state index is 14.2. The summed E-state index contributed by atoms with van der Waals surface area (Å²) in [6.45, 7) is 6.68. The minimum Gasteiger partial charge on any atom is -0.494 e. The van der Waals surface area contributed by atoms with Gasteiger partial charge in [-0.05, 0) is 37.8 Å². The lowest BCUT2D eigenvalue weighted by Gasteiger charge is -2.37. The quantitative estimate of drug-likeness (QED) is 0.796. The molecular formula is C16H26FNO2. The molecule has 2 N–H and O–H groups in total. The lowest BCUT2D eigenvalue weighted by molar-refractivity contribution is -0.0634. The van der Waals surface area contributed by atoms with Crippen LogP contribution in [0.4, 0.5) is 4.39 Å². The fraction of sp³-hybridized carbons (Fsp3) is 0.625. The molecular weight excluding hydrogens is 257 g/mol. The van der Waals surface area contributed by atoms with Gasteiger partial charge < -0.3 is 15.2 Å². The van der Waals surface area contributed by atoms with Crippen LogP contribution < -0.4 is 10.5 Å². The van der Waals surface area contributed by atoms with Crippen molar-refractivity contribution in [2.75, 3.05) is 13.7 Å². The van der Waals surface area contributed by atoms with Gasteiger partial charge in [-0.15, -0.1) is 0 Å². The third-order valence-corrected chi connectivity index (χ3v) is 4.01. The van der Waals surface area contributed by atoms with Crippen molar-refractivity contribution in [3.8, 4) is 5.75 Å². The molecule has 1 aromatic rings. The monoisotopic (exact) mass is 283 g/mol. The maximum Gasteiger partial charge on any atom is 0.168 e. The van der Waals surface area contributed by atoms with Crippen molar-refractivity contribution >= 4 is 0 Å². The highest BCUT2D eigenvalue weighted by atomic mass is 19.1. The second-order valence-electron chi connectivity index (χ2n) is 4.95.